The van der Waals surface area contributed by atoms with Gasteiger partial charge < -0.3 is 21.3 Å². The van der Waals surface area contributed by atoms with Crippen LogP contribution in [0.5, 0.6) is 0 Å². The molecule has 6 nitrogen and oxygen atoms in total. The van der Waals surface area contributed by atoms with Gasteiger partial charge in [0.25, 0.3) is 0 Å². The van der Waals surface area contributed by atoms with Crippen molar-refractivity contribution in [2.75, 3.05) is 32.7 Å². The molecule has 92 valence electrons. The van der Waals surface area contributed by atoms with Gasteiger partial charge in [0, 0.05) is 26.2 Å². The van der Waals surface area contributed by atoms with Crippen molar-refractivity contribution in [3.05, 3.63) is 0 Å². The largest absolute Gasteiger partial charge is 0.345 e. The Labute approximate surface area is 95.5 Å². The summed E-state index contributed by atoms with van der Waals surface area (Å²) in [6.07, 6.45) is 0. The topological polar surface area (TPSA) is 87.5 Å². The Hall–Kier alpha value is -1.14. The molecule has 1 fully saturated rings. The van der Waals surface area contributed by atoms with Gasteiger partial charge in [-0.25, -0.2) is 0 Å². The number of nitrogens with one attached hydrogen (secondary N) is 2. The second kappa shape index (κ2) is 5.27. The van der Waals surface area contributed by atoms with Gasteiger partial charge in [0.2, 0.25) is 11.8 Å². The fourth-order valence-electron chi connectivity index (χ4n) is 1.41. The summed E-state index contributed by atoms with van der Waals surface area (Å²) < 4.78 is 0. The number of hydrogen-bond acceptors (Lipinski definition) is 4. The summed E-state index contributed by atoms with van der Waals surface area (Å²) in [7, 11) is 0. The molecular formula is C10H20N4O2. The smallest absolute Gasteiger partial charge is 0.242 e. The Kier molecular flexibility index (Phi) is 4.26. The van der Waals surface area contributed by atoms with E-state index in [1.165, 1.54) is 0 Å². The van der Waals surface area contributed by atoms with Gasteiger partial charge in [-0.2, -0.15) is 0 Å². The molecule has 0 unspecified atom stereocenters. The number of carbonyl (C=O) groups excluding carboxylic acids is 2. The van der Waals surface area contributed by atoms with Gasteiger partial charge in [0.15, 0.2) is 0 Å². The second-order valence-electron chi connectivity index (χ2n) is 4.54. The molecule has 1 aliphatic rings. The fourth-order valence-corrected chi connectivity index (χ4v) is 1.41. The molecule has 1 saturated heterocycles. The molecule has 0 atom stereocenters. The van der Waals surface area contributed by atoms with Crippen LogP contribution in [0, 0.1) is 0 Å². The van der Waals surface area contributed by atoms with Crippen molar-refractivity contribution in [2.24, 2.45) is 5.73 Å². The van der Waals surface area contributed by atoms with Gasteiger partial charge in [-0.05, 0) is 13.8 Å². The molecule has 16 heavy (non-hydrogen) atoms. The minimum Gasteiger partial charge on any atom is -0.345 e. The lowest BCUT2D eigenvalue weighted by Crippen LogP contribution is -2.53. The third kappa shape index (κ3) is 3.79. The van der Waals surface area contributed by atoms with Crippen LogP contribution in [0.3, 0.4) is 0 Å². The molecule has 6 heteroatoms. The van der Waals surface area contributed by atoms with Crippen LogP contribution in [0.2, 0.25) is 0 Å². The van der Waals surface area contributed by atoms with Crippen LogP contribution >= 0.6 is 0 Å². The fraction of sp³-hybridized carbons (Fsp3) is 0.800. The zero-order valence-electron chi connectivity index (χ0n) is 9.88. The van der Waals surface area contributed by atoms with Crippen molar-refractivity contribution in [1.82, 2.24) is 15.5 Å². The summed E-state index contributed by atoms with van der Waals surface area (Å²) in [5, 5.41) is 5.70. The van der Waals surface area contributed by atoms with Gasteiger partial charge in [-0.1, -0.05) is 0 Å². The maximum absolute atomic E-state index is 11.7. The Morgan fingerprint density at radius 1 is 1.38 bits per heavy atom. The van der Waals surface area contributed by atoms with Crippen LogP contribution in [0.1, 0.15) is 13.8 Å². The molecule has 2 amide bonds. The van der Waals surface area contributed by atoms with Crippen LogP contribution in [-0.4, -0.2) is 55.0 Å². The molecule has 0 aromatic carbocycles. The molecule has 1 rings (SSSR count). The van der Waals surface area contributed by atoms with Crippen molar-refractivity contribution in [1.29, 1.82) is 0 Å². The molecule has 0 radical (unpaired) electrons. The maximum atomic E-state index is 11.7. The highest BCUT2D eigenvalue weighted by atomic mass is 16.2. The Balaban J connectivity index is 2.32. The monoisotopic (exact) mass is 228 g/mol. The van der Waals surface area contributed by atoms with Crippen molar-refractivity contribution in [3.8, 4) is 0 Å². The molecule has 1 aliphatic heterocycles. The van der Waals surface area contributed by atoms with E-state index < -0.39 is 5.54 Å². The minimum atomic E-state index is -0.941. The van der Waals surface area contributed by atoms with E-state index in [2.05, 4.69) is 10.6 Å². The van der Waals surface area contributed by atoms with Gasteiger partial charge in [-0.3, -0.25) is 9.59 Å². The first-order valence-electron chi connectivity index (χ1n) is 5.47. The third-order valence-corrected chi connectivity index (χ3v) is 2.46. The van der Waals surface area contributed by atoms with E-state index in [0.29, 0.717) is 13.1 Å². The minimum absolute atomic E-state index is 0.0272. The van der Waals surface area contributed by atoms with E-state index in [9.17, 15) is 9.59 Å². The Morgan fingerprint density at radius 2 is 1.94 bits per heavy atom. The van der Waals surface area contributed by atoms with E-state index in [0.717, 1.165) is 13.1 Å². The number of amides is 2. The van der Waals surface area contributed by atoms with E-state index in [1.54, 1.807) is 18.7 Å². The molecule has 0 spiro atoms. The molecule has 0 saturated carbocycles. The molecule has 0 aromatic rings. The quantitative estimate of drug-likeness (QED) is 0.536. The van der Waals surface area contributed by atoms with Crippen LogP contribution in [0.25, 0.3) is 0 Å². The average Bonchev–Trinajstić information content (AvgIpc) is 2.25. The number of nitrogens with two attached hydrogens (primary N) is 1. The van der Waals surface area contributed by atoms with Gasteiger partial charge >= 0.3 is 0 Å². The predicted octanol–water partition coefficient (Wildman–Crippen LogP) is -1.73. The first-order chi connectivity index (χ1) is 7.41. The number of piperazine rings is 1. The number of rotatable bonds is 3. The average molecular weight is 228 g/mol. The second-order valence-corrected chi connectivity index (χ2v) is 4.54. The summed E-state index contributed by atoms with van der Waals surface area (Å²) in [5.41, 5.74) is 4.66. The SMILES string of the molecule is CC(C)(N)C(=O)NCC(=O)N1CCNCC1. The molecule has 1 heterocycles. The first kappa shape index (κ1) is 12.9. The highest BCUT2D eigenvalue weighted by Crippen LogP contribution is 1.96. The Morgan fingerprint density at radius 3 is 2.44 bits per heavy atom. The van der Waals surface area contributed by atoms with Crippen LogP contribution < -0.4 is 16.4 Å². The standard InChI is InChI=1S/C10H20N4O2/c1-10(2,11)9(16)13-7-8(15)14-5-3-12-4-6-14/h12H,3-7,11H2,1-2H3,(H,13,16). The summed E-state index contributed by atoms with van der Waals surface area (Å²) >= 11 is 0. The van der Waals surface area contributed by atoms with E-state index >= 15 is 0 Å². The van der Waals surface area contributed by atoms with Crippen molar-refractivity contribution in [3.63, 3.8) is 0 Å². The zero-order chi connectivity index (χ0) is 12.2. The van der Waals surface area contributed by atoms with Crippen molar-refractivity contribution in [2.45, 2.75) is 19.4 Å². The lowest BCUT2D eigenvalue weighted by Gasteiger charge is -2.28. The van der Waals surface area contributed by atoms with Crippen LogP contribution in [0.15, 0.2) is 0 Å². The molecule has 0 aromatic heterocycles. The molecule has 4 N–H and O–H groups in total. The van der Waals surface area contributed by atoms with Crippen LogP contribution in [-0.2, 0) is 9.59 Å². The van der Waals surface area contributed by atoms with Gasteiger partial charge in [-0.15, -0.1) is 0 Å². The van der Waals surface area contributed by atoms with E-state index in [1.807, 2.05) is 0 Å². The zero-order valence-corrected chi connectivity index (χ0v) is 9.88. The highest BCUT2D eigenvalue weighted by Gasteiger charge is 2.23. The normalized spacial score (nSPS) is 17.1. The highest BCUT2D eigenvalue weighted by molar-refractivity contribution is 5.89. The maximum Gasteiger partial charge on any atom is 0.242 e. The predicted molar refractivity (Wildman–Crippen MR) is 60.7 cm³/mol. The summed E-state index contributed by atoms with van der Waals surface area (Å²) in [6.45, 7) is 6.25. The molecular weight excluding hydrogens is 208 g/mol. The van der Waals surface area contributed by atoms with E-state index in [4.69, 9.17) is 5.73 Å². The third-order valence-electron chi connectivity index (χ3n) is 2.46. The van der Waals surface area contributed by atoms with Crippen LogP contribution in [0.4, 0.5) is 0 Å². The van der Waals surface area contributed by atoms with Gasteiger partial charge in [0.05, 0.1) is 12.1 Å². The molecule has 0 bridgehead atoms. The lowest BCUT2D eigenvalue weighted by molar-refractivity contribution is -0.134. The number of hydrogen-bond donors (Lipinski definition) is 3. The van der Waals surface area contributed by atoms with E-state index in [-0.39, 0.29) is 18.4 Å². The Bertz CT molecular complexity index is 266. The van der Waals surface area contributed by atoms with Crippen molar-refractivity contribution < 1.29 is 9.59 Å². The van der Waals surface area contributed by atoms with Crippen molar-refractivity contribution >= 4 is 11.8 Å². The summed E-state index contributed by atoms with van der Waals surface area (Å²) in [4.78, 5) is 24.8. The summed E-state index contributed by atoms with van der Waals surface area (Å²) in [6, 6.07) is 0. The lowest BCUT2D eigenvalue weighted by atomic mass is 10.1. The summed E-state index contributed by atoms with van der Waals surface area (Å²) in [5.74, 6) is -0.366. The number of nitrogens with zero attached hydrogens (tertiary/aromatic N) is 1. The number of carbonyl (C=O) groups is 2. The van der Waals surface area contributed by atoms with Gasteiger partial charge in [0.1, 0.15) is 0 Å². The molecule has 0 aliphatic carbocycles. The first-order valence-corrected chi connectivity index (χ1v) is 5.47.